The standard InChI is InChI=1S/C21H31NO9S2/c1-20(2,16(19(25)26)33(27,28)29)11-21(3,4)32-10-9-30-8-7-22-17(23)14-12-5-6-13(31-12)15(14)18(22)24/h5-6,12-16H,7-11H2,1-4H3,(H,25,26)(H,27,28,29). The Labute approximate surface area is 197 Å². The van der Waals surface area contributed by atoms with Crippen LogP contribution in [0.3, 0.4) is 0 Å². The van der Waals surface area contributed by atoms with Crippen molar-refractivity contribution in [2.24, 2.45) is 17.3 Å². The molecule has 0 radical (unpaired) electrons. The largest absolute Gasteiger partial charge is 0.480 e. The fraction of sp³-hybridized carbons (Fsp3) is 0.762. The minimum atomic E-state index is -4.76. The van der Waals surface area contributed by atoms with Gasteiger partial charge in [0.1, 0.15) is 0 Å². The highest BCUT2D eigenvalue weighted by atomic mass is 32.2. The first-order chi connectivity index (χ1) is 15.2. The second-order valence-electron chi connectivity index (χ2n) is 9.95. The Balaban J connectivity index is 1.41. The van der Waals surface area contributed by atoms with Crippen LogP contribution < -0.4 is 0 Å². The third-order valence-corrected chi connectivity index (χ3v) is 9.03. The summed E-state index contributed by atoms with van der Waals surface area (Å²) >= 11 is 1.48. The molecule has 0 aromatic carbocycles. The number of thioether (sulfide) groups is 1. The molecular weight excluding hydrogens is 474 g/mol. The van der Waals surface area contributed by atoms with Crippen LogP contribution in [0.2, 0.25) is 0 Å². The molecule has 12 heteroatoms. The predicted octanol–water partition coefficient (Wildman–Crippen LogP) is 1.21. The summed E-state index contributed by atoms with van der Waals surface area (Å²) in [7, 11) is -4.76. The molecule has 186 valence electrons. The second kappa shape index (κ2) is 9.29. The first kappa shape index (κ1) is 26.1. The van der Waals surface area contributed by atoms with Crippen molar-refractivity contribution in [3.8, 4) is 0 Å². The molecule has 33 heavy (non-hydrogen) atoms. The van der Waals surface area contributed by atoms with Crippen LogP contribution in [-0.2, 0) is 34.0 Å². The van der Waals surface area contributed by atoms with Crippen LogP contribution in [0.4, 0.5) is 0 Å². The molecule has 0 aliphatic carbocycles. The number of ether oxygens (including phenoxy) is 2. The van der Waals surface area contributed by atoms with Crippen molar-refractivity contribution in [1.82, 2.24) is 4.90 Å². The van der Waals surface area contributed by atoms with Crippen LogP contribution in [-0.4, -0.2) is 88.5 Å². The molecule has 3 aliphatic heterocycles. The molecule has 5 unspecified atom stereocenters. The Morgan fingerprint density at radius 3 is 2.18 bits per heavy atom. The molecule has 5 atom stereocenters. The quantitative estimate of drug-likeness (QED) is 0.172. The number of carbonyl (C=O) groups excluding carboxylic acids is 2. The fourth-order valence-corrected chi connectivity index (χ4v) is 7.70. The lowest BCUT2D eigenvalue weighted by molar-refractivity contribution is -0.143. The van der Waals surface area contributed by atoms with Crippen LogP contribution >= 0.6 is 11.8 Å². The molecule has 2 amide bonds. The monoisotopic (exact) mass is 505 g/mol. The summed E-state index contributed by atoms with van der Waals surface area (Å²) in [5.74, 6) is -2.32. The van der Waals surface area contributed by atoms with E-state index in [1.54, 1.807) is 0 Å². The maximum atomic E-state index is 12.6. The number of aliphatic carboxylic acids is 1. The summed E-state index contributed by atoms with van der Waals surface area (Å²) in [6, 6.07) is 0. The van der Waals surface area contributed by atoms with E-state index in [9.17, 15) is 32.5 Å². The Morgan fingerprint density at radius 1 is 1.15 bits per heavy atom. The highest BCUT2D eigenvalue weighted by Crippen LogP contribution is 2.45. The van der Waals surface area contributed by atoms with E-state index in [1.807, 2.05) is 26.0 Å². The SMILES string of the molecule is CC(C)(CC(C)(C)C(C(=O)O)S(=O)(=O)O)SCCOCCN1C(=O)C2C3C=CC(O3)C2C1=O. The molecule has 3 rings (SSSR count). The minimum absolute atomic E-state index is 0.180. The summed E-state index contributed by atoms with van der Waals surface area (Å²) in [6.07, 6.45) is 3.27. The number of rotatable bonds is 12. The number of imide groups is 1. The zero-order chi connectivity index (χ0) is 24.8. The van der Waals surface area contributed by atoms with Crippen molar-refractivity contribution < 1.29 is 41.9 Å². The average Bonchev–Trinajstić information content (AvgIpc) is 3.30. The van der Waals surface area contributed by atoms with Gasteiger partial charge >= 0.3 is 5.97 Å². The zero-order valence-electron chi connectivity index (χ0n) is 19.1. The Kier molecular flexibility index (Phi) is 7.36. The number of carboxylic acid groups (broad SMARTS) is 1. The number of fused-ring (bicyclic) bond motifs is 5. The van der Waals surface area contributed by atoms with Crippen molar-refractivity contribution in [2.75, 3.05) is 25.5 Å². The van der Waals surface area contributed by atoms with Gasteiger partial charge in [0.05, 0.1) is 43.8 Å². The smallest absolute Gasteiger partial charge is 0.324 e. The second-order valence-corrected chi connectivity index (χ2v) is 13.3. The van der Waals surface area contributed by atoms with Gasteiger partial charge < -0.3 is 14.6 Å². The average molecular weight is 506 g/mol. The molecule has 0 spiro atoms. The fourth-order valence-electron chi connectivity index (χ4n) is 5.33. The zero-order valence-corrected chi connectivity index (χ0v) is 20.7. The van der Waals surface area contributed by atoms with Crippen molar-refractivity contribution >= 4 is 39.7 Å². The number of amides is 2. The molecule has 3 heterocycles. The van der Waals surface area contributed by atoms with E-state index in [1.165, 1.54) is 30.5 Å². The van der Waals surface area contributed by atoms with Gasteiger partial charge in [-0.2, -0.15) is 20.2 Å². The van der Waals surface area contributed by atoms with Gasteiger partial charge in [-0.1, -0.05) is 39.8 Å². The van der Waals surface area contributed by atoms with Crippen LogP contribution in [0.5, 0.6) is 0 Å². The normalized spacial score (nSPS) is 28.0. The highest BCUT2D eigenvalue weighted by Gasteiger charge is 2.60. The van der Waals surface area contributed by atoms with E-state index < -0.39 is 43.3 Å². The molecule has 10 nitrogen and oxygen atoms in total. The van der Waals surface area contributed by atoms with Crippen LogP contribution in [0, 0.1) is 17.3 Å². The van der Waals surface area contributed by atoms with E-state index in [2.05, 4.69) is 0 Å². The van der Waals surface area contributed by atoms with Gasteiger partial charge in [-0.05, 0) is 11.8 Å². The number of hydrogen-bond donors (Lipinski definition) is 2. The van der Waals surface area contributed by atoms with Crippen molar-refractivity contribution in [3.05, 3.63) is 12.2 Å². The minimum Gasteiger partial charge on any atom is -0.480 e. The van der Waals surface area contributed by atoms with Crippen LogP contribution in [0.25, 0.3) is 0 Å². The van der Waals surface area contributed by atoms with Gasteiger partial charge in [-0.25, -0.2) is 0 Å². The van der Waals surface area contributed by atoms with Gasteiger partial charge in [0.2, 0.25) is 11.8 Å². The van der Waals surface area contributed by atoms with Crippen molar-refractivity contribution in [1.29, 1.82) is 0 Å². The summed E-state index contributed by atoms with van der Waals surface area (Å²) in [4.78, 5) is 37.8. The third-order valence-electron chi connectivity index (χ3n) is 6.29. The highest BCUT2D eigenvalue weighted by molar-refractivity contribution is 8.00. The van der Waals surface area contributed by atoms with Crippen LogP contribution in [0.1, 0.15) is 34.1 Å². The van der Waals surface area contributed by atoms with Gasteiger partial charge in [-0.15, -0.1) is 0 Å². The Morgan fingerprint density at radius 2 is 1.70 bits per heavy atom. The Bertz CT molecular complexity index is 913. The summed E-state index contributed by atoms with van der Waals surface area (Å²) in [6.45, 7) is 7.47. The molecule has 2 bridgehead atoms. The number of carboxylic acids is 1. The number of nitrogens with zero attached hydrogens (tertiary/aromatic N) is 1. The van der Waals surface area contributed by atoms with Crippen molar-refractivity contribution in [2.45, 2.75) is 56.3 Å². The van der Waals surface area contributed by atoms with E-state index in [0.29, 0.717) is 12.4 Å². The molecule has 0 aromatic heterocycles. The maximum absolute atomic E-state index is 12.6. The molecule has 2 N–H and O–H groups in total. The molecule has 3 aliphatic rings. The molecule has 2 saturated heterocycles. The van der Waals surface area contributed by atoms with E-state index in [0.717, 1.165) is 0 Å². The van der Waals surface area contributed by atoms with Crippen LogP contribution in [0.15, 0.2) is 12.2 Å². The van der Waals surface area contributed by atoms with Gasteiger partial charge in [0.15, 0.2) is 5.25 Å². The summed E-state index contributed by atoms with van der Waals surface area (Å²) < 4.78 is 43.3. The van der Waals surface area contributed by atoms with Gasteiger partial charge in [0.25, 0.3) is 10.1 Å². The first-order valence-electron chi connectivity index (χ1n) is 10.8. The maximum Gasteiger partial charge on any atom is 0.324 e. The predicted molar refractivity (Wildman–Crippen MR) is 120 cm³/mol. The van der Waals surface area contributed by atoms with Gasteiger partial charge in [0, 0.05) is 10.5 Å². The Hall–Kier alpha value is -1.47. The number of hydrogen-bond acceptors (Lipinski definition) is 8. The molecular formula is C21H31NO9S2. The molecule has 0 saturated carbocycles. The summed E-state index contributed by atoms with van der Waals surface area (Å²) in [5.41, 5.74) is -1.21. The lowest BCUT2D eigenvalue weighted by Crippen LogP contribution is -2.45. The number of likely N-dealkylation sites (tertiary alicyclic amines) is 1. The summed E-state index contributed by atoms with van der Waals surface area (Å²) in [5, 5.41) is 7.37. The number of carbonyl (C=O) groups is 3. The topological polar surface area (TPSA) is 148 Å². The lowest BCUT2D eigenvalue weighted by Gasteiger charge is -2.37. The van der Waals surface area contributed by atoms with Gasteiger partial charge in [-0.3, -0.25) is 23.8 Å². The molecule has 2 fully saturated rings. The molecule has 0 aromatic rings. The van der Waals surface area contributed by atoms with Crippen molar-refractivity contribution in [3.63, 3.8) is 0 Å². The van der Waals surface area contributed by atoms with E-state index >= 15 is 0 Å². The van der Waals surface area contributed by atoms with E-state index in [4.69, 9.17) is 9.47 Å². The third kappa shape index (κ3) is 5.45. The van der Waals surface area contributed by atoms with E-state index in [-0.39, 0.29) is 43.6 Å². The lowest BCUT2D eigenvalue weighted by atomic mass is 9.80. The first-order valence-corrected chi connectivity index (χ1v) is 13.2.